The molecule has 68 valence electrons. The van der Waals surface area contributed by atoms with Crippen molar-refractivity contribution in [1.82, 2.24) is 9.55 Å². The average Bonchev–Trinajstić information content (AvgIpc) is 2.38. The summed E-state index contributed by atoms with van der Waals surface area (Å²) in [5.41, 5.74) is 0.398. The minimum absolute atomic E-state index is 0.398. The van der Waals surface area contributed by atoms with Crippen molar-refractivity contribution >= 4 is 0 Å². The summed E-state index contributed by atoms with van der Waals surface area (Å²) in [7, 11) is 0. The lowest BCUT2D eigenvalue weighted by atomic mass is 9.88. The van der Waals surface area contributed by atoms with Crippen molar-refractivity contribution in [2.75, 3.05) is 0 Å². The number of rotatable bonds is 4. The maximum Gasteiger partial charge on any atom is 0.0946 e. The van der Waals surface area contributed by atoms with Crippen molar-refractivity contribution in [1.29, 1.82) is 0 Å². The topological polar surface area (TPSA) is 17.8 Å². The van der Waals surface area contributed by atoms with Crippen LogP contribution in [0.1, 0.15) is 33.6 Å². The van der Waals surface area contributed by atoms with E-state index < -0.39 is 0 Å². The maximum atomic E-state index is 4.03. The third-order valence-corrected chi connectivity index (χ3v) is 2.10. The lowest BCUT2D eigenvalue weighted by Crippen LogP contribution is -2.18. The van der Waals surface area contributed by atoms with Crippen LogP contribution < -0.4 is 0 Å². The third kappa shape index (κ3) is 2.68. The highest BCUT2D eigenvalue weighted by Crippen LogP contribution is 2.23. The molecule has 0 amide bonds. The van der Waals surface area contributed by atoms with Crippen molar-refractivity contribution in [2.45, 2.75) is 40.2 Å². The molecule has 2 heteroatoms. The molecule has 0 atom stereocenters. The van der Waals surface area contributed by atoms with E-state index in [0.29, 0.717) is 5.41 Å². The zero-order valence-electron chi connectivity index (χ0n) is 8.25. The van der Waals surface area contributed by atoms with E-state index >= 15 is 0 Å². The molecule has 1 aromatic rings. The summed E-state index contributed by atoms with van der Waals surface area (Å²) < 4.78 is 2.15. The second kappa shape index (κ2) is 3.74. The summed E-state index contributed by atoms with van der Waals surface area (Å²) in [5.74, 6) is 0. The predicted molar refractivity (Wildman–Crippen MR) is 50.9 cm³/mol. The van der Waals surface area contributed by atoms with Gasteiger partial charge in [-0.25, -0.2) is 4.98 Å². The molecule has 0 aliphatic carbocycles. The standard InChI is InChI=1S/C10H18N2/c1-4-5-10(2,3)8-12-7-6-11-9-12/h6-7,9H,4-5,8H2,1-3H3. The number of nitrogens with zero attached hydrogens (tertiary/aromatic N) is 2. The molecule has 0 aliphatic rings. The monoisotopic (exact) mass is 166 g/mol. The largest absolute Gasteiger partial charge is 0.337 e. The molecule has 1 aromatic heterocycles. The van der Waals surface area contributed by atoms with Crippen molar-refractivity contribution in [3.05, 3.63) is 18.7 Å². The van der Waals surface area contributed by atoms with Crippen LogP contribution >= 0.6 is 0 Å². The van der Waals surface area contributed by atoms with Crippen LogP contribution in [0.4, 0.5) is 0 Å². The number of hydrogen-bond donors (Lipinski definition) is 0. The fourth-order valence-electron chi connectivity index (χ4n) is 1.63. The van der Waals surface area contributed by atoms with Gasteiger partial charge < -0.3 is 4.57 Å². The summed E-state index contributed by atoms with van der Waals surface area (Å²) in [4.78, 5) is 4.03. The first-order valence-corrected chi connectivity index (χ1v) is 4.60. The maximum absolute atomic E-state index is 4.03. The average molecular weight is 166 g/mol. The summed E-state index contributed by atoms with van der Waals surface area (Å²) in [6.07, 6.45) is 8.27. The van der Waals surface area contributed by atoms with Gasteiger partial charge >= 0.3 is 0 Å². The molecule has 0 aromatic carbocycles. The van der Waals surface area contributed by atoms with Crippen molar-refractivity contribution in [2.24, 2.45) is 5.41 Å². The molecule has 0 N–H and O–H groups in total. The predicted octanol–water partition coefficient (Wildman–Crippen LogP) is 2.71. The summed E-state index contributed by atoms with van der Waals surface area (Å²) in [6, 6.07) is 0. The molecule has 0 unspecified atom stereocenters. The Morgan fingerprint density at radius 3 is 2.67 bits per heavy atom. The van der Waals surface area contributed by atoms with Gasteiger partial charge in [0.25, 0.3) is 0 Å². The second-order valence-corrected chi connectivity index (χ2v) is 4.15. The van der Waals surface area contributed by atoms with E-state index in [9.17, 15) is 0 Å². The van der Waals surface area contributed by atoms with E-state index in [-0.39, 0.29) is 0 Å². The van der Waals surface area contributed by atoms with Gasteiger partial charge in [0.05, 0.1) is 6.33 Å². The minimum atomic E-state index is 0.398. The van der Waals surface area contributed by atoms with Crippen molar-refractivity contribution in [3.63, 3.8) is 0 Å². The van der Waals surface area contributed by atoms with Crippen molar-refractivity contribution < 1.29 is 0 Å². The summed E-state index contributed by atoms with van der Waals surface area (Å²) in [6.45, 7) is 7.91. The summed E-state index contributed by atoms with van der Waals surface area (Å²) >= 11 is 0. The highest BCUT2D eigenvalue weighted by Gasteiger charge is 2.16. The van der Waals surface area contributed by atoms with Gasteiger partial charge in [-0.1, -0.05) is 27.2 Å². The second-order valence-electron chi connectivity index (χ2n) is 4.15. The van der Waals surface area contributed by atoms with Gasteiger partial charge in [-0.05, 0) is 11.8 Å². The Bertz CT molecular complexity index is 212. The van der Waals surface area contributed by atoms with Gasteiger partial charge in [-0.3, -0.25) is 0 Å². The van der Waals surface area contributed by atoms with Crippen molar-refractivity contribution in [3.8, 4) is 0 Å². The molecular formula is C10H18N2. The number of hydrogen-bond acceptors (Lipinski definition) is 1. The first kappa shape index (κ1) is 9.30. The number of imidazole rings is 1. The first-order valence-electron chi connectivity index (χ1n) is 4.60. The van der Waals surface area contributed by atoms with E-state index in [4.69, 9.17) is 0 Å². The third-order valence-electron chi connectivity index (χ3n) is 2.10. The molecular weight excluding hydrogens is 148 g/mol. The Labute approximate surface area is 74.6 Å². The zero-order valence-corrected chi connectivity index (χ0v) is 8.25. The lowest BCUT2D eigenvalue weighted by molar-refractivity contribution is 0.279. The van der Waals surface area contributed by atoms with Gasteiger partial charge in [-0.15, -0.1) is 0 Å². The molecule has 0 bridgehead atoms. The highest BCUT2D eigenvalue weighted by molar-refractivity contribution is 4.78. The lowest BCUT2D eigenvalue weighted by Gasteiger charge is -2.24. The Balaban J connectivity index is 2.50. The summed E-state index contributed by atoms with van der Waals surface area (Å²) in [5, 5.41) is 0. The van der Waals surface area contributed by atoms with Crippen LogP contribution in [-0.2, 0) is 6.54 Å². The van der Waals surface area contributed by atoms with Crippen LogP contribution in [0.25, 0.3) is 0 Å². The smallest absolute Gasteiger partial charge is 0.0946 e. The molecule has 0 aliphatic heterocycles. The SMILES string of the molecule is CCCC(C)(C)Cn1ccnc1. The van der Waals surface area contributed by atoms with Crippen LogP contribution in [0.15, 0.2) is 18.7 Å². The number of aromatic nitrogens is 2. The molecule has 2 nitrogen and oxygen atoms in total. The molecule has 12 heavy (non-hydrogen) atoms. The first-order chi connectivity index (χ1) is 5.64. The Kier molecular flexibility index (Phi) is 2.90. The molecule has 0 fully saturated rings. The fraction of sp³-hybridized carbons (Fsp3) is 0.700. The van der Waals surface area contributed by atoms with E-state index in [1.165, 1.54) is 12.8 Å². The molecule has 0 saturated heterocycles. The van der Waals surface area contributed by atoms with E-state index in [1.54, 1.807) is 0 Å². The molecule has 1 heterocycles. The van der Waals surface area contributed by atoms with Crippen LogP contribution in [0.5, 0.6) is 0 Å². The molecule has 0 saturated carbocycles. The van der Waals surface area contributed by atoms with Gasteiger partial charge in [0.1, 0.15) is 0 Å². The molecule has 0 radical (unpaired) electrons. The quantitative estimate of drug-likeness (QED) is 0.672. The van der Waals surface area contributed by atoms with Crippen LogP contribution in [0.2, 0.25) is 0 Å². The van der Waals surface area contributed by atoms with Gasteiger partial charge in [0, 0.05) is 18.9 Å². The normalized spacial score (nSPS) is 11.9. The van der Waals surface area contributed by atoms with Gasteiger partial charge in [-0.2, -0.15) is 0 Å². The zero-order chi connectivity index (χ0) is 9.03. The Hall–Kier alpha value is -0.790. The minimum Gasteiger partial charge on any atom is -0.337 e. The molecule has 1 rings (SSSR count). The van der Waals surface area contributed by atoms with Gasteiger partial charge in [0.15, 0.2) is 0 Å². The van der Waals surface area contributed by atoms with E-state index in [2.05, 4.69) is 30.3 Å². The highest BCUT2D eigenvalue weighted by atomic mass is 15.0. The van der Waals surface area contributed by atoms with E-state index in [1.807, 2.05) is 18.7 Å². The van der Waals surface area contributed by atoms with Gasteiger partial charge in [0.2, 0.25) is 0 Å². The fourth-order valence-corrected chi connectivity index (χ4v) is 1.63. The van der Waals surface area contributed by atoms with Crippen LogP contribution in [0.3, 0.4) is 0 Å². The van der Waals surface area contributed by atoms with Crippen LogP contribution in [0, 0.1) is 5.41 Å². The van der Waals surface area contributed by atoms with E-state index in [0.717, 1.165) is 6.54 Å². The Morgan fingerprint density at radius 2 is 2.17 bits per heavy atom. The van der Waals surface area contributed by atoms with Crippen LogP contribution in [-0.4, -0.2) is 9.55 Å². The molecule has 0 spiro atoms. The Morgan fingerprint density at radius 1 is 1.42 bits per heavy atom.